The van der Waals surface area contributed by atoms with Crippen molar-refractivity contribution in [2.24, 2.45) is 0 Å². The van der Waals surface area contributed by atoms with E-state index in [-0.39, 0.29) is 11.5 Å². The van der Waals surface area contributed by atoms with Crippen molar-refractivity contribution >= 4 is 11.8 Å². The second-order valence-corrected chi connectivity index (χ2v) is 7.09. The summed E-state index contributed by atoms with van der Waals surface area (Å²) < 4.78 is 38.5. The number of piperazine rings is 1. The van der Waals surface area contributed by atoms with Crippen molar-refractivity contribution in [3.05, 3.63) is 35.4 Å². The van der Waals surface area contributed by atoms with Crippen LogP contribution in [-0.4, -0.2) is 72.3 Å². The SMILES string of the molecule is O=C(CN1CCN(C(=O)c2cccc(C(F)(F)F)c2)CC1)N1CCCCC1. The van der Waals surface area contributed by atoms with Gasteiger partial charge in [-0.15, -0.1) is 0 Å². The Kier molecular flexibility index (Phi) is 6.04. The predicted molar refractivity (Wildman–Crippen MR) is 94.2 cm³/mol. The number of rotatable bonds is 3. The topological polar surface area (TPSA) is 43.9 Å². The largest absolute Gasteiger partial charge is 0.416 e. The molecule has 0 bridgehead atoms. The zero-order valence-electron chi connectivity index (χ0n) is 15.2. The lowest BCUT2D eigenvalue weighted by Crippen LogP contribution is -2.52. The smallest absolute Gasteiger partial charge is 0.342 e. The summed E-state index contributed by atoms with van der Waals surface area (Å²) in [5.41, 5.74) is -0.776. The average Bonchev–Trinajstić information content (AvgIpc) is 2.68. The summed E-state index contributed by atoms with van der Waals surface area (Å²) in [6.07, 6.45) is -1.21. The Morgan fingerprint density at radius 2 is 1.56 bits per heavy atom. The number of halogens is 3. The molecule has 27 heavy (non-hydrogen) atoms. The van der Waals surface area contributed by atoms with E-state index in [1.54, 1.807) is 4.90 Å². The Labute approximate surface area is 156 Å². The Bertz CT molecular complexity index is 679. The van der Waals surface area contributed by atoms with Gasteiger partial charge in [0, 0.05) is 44.8 Å². The molecule has 2 heterocycles. The minimum Gasteiger partial charge on any atom is -0.342 e. The van der Waals surface area contributed by atoms with Crippen LogP contribution in [-0.2, 0) is 11.0 Å². The third-order valence-electron chi connectivity index (χ3n) is 5.16. The van der Waals surface area contributed by atoms with Gasteiger partial charge >= 0.3 is 6.18 Å². The Balaban J connectivity index is 1.53. The second-order valence-electron chi connectivity index (χ2n) is 7.09. The van der Waals surface area contributed by atoms with Gasteiger partial charge in [0.1, 0.15) is 0 Å². The van der Waals surface area contributed by atoms with Crippen molar-refractivity contribution in [2.75, 3.05) is 45.8 Å². The fourth-order valence-corrected chi connectivity index (χ4v) is 3.55. The van der Waals surface area contributed by atoms with E-state index in [0.29, 0.717) is 32.7 Å². The molecule has 2 amide bonds. The first kappa shape index (κ1) is 19.7. The van der Waals surface area contributed by atoms with Gasteiger partial charge in [-0.05, 0) is 37.5 Å². The summed E-state index contributed by atoms with van der Waals surface area (Å²) in [6.45, 7) is 3.87. The van der Waals surface area contributed by atoms with Crippen LogP contribution in [0.4, 0.5) is 13.2 Å². The summed E-state index contributed by atoms with van der Waals surface area (Å²) in [5.74, 6) is -0.282. The monoisotopic (exact) mass is 383 g/mol. The van der Waals surface area contributed by atoms with Gasteiger partial charge in [0.15, 0.2) is 0 Å². The van der Waals surface area contributed by atoms with Gasteiger partial charge in [0.2, 0.25) is 5.91 Å². The van der Waals surface area contributed by atoms with Crippen LogP contribution >= 0.6 is 0 Å². The standard InChI is InChI=1S/C19H24F3N3O2/c20-19(21,22)16-6-4-5-15(13-16)18(27)25-11-9-23(10-12-25)14-17(26)24-7-2-1-3-8-24/h4-6,13H,1-3,7-12,14H2. The van der Waals surface area contributed by atoms with E-state index in [1.165, 1.54) is 18.6 Å². The van der Waals surface area contributed by atoms with Gasteiger partial charge in [-0.1, -0.05) is 6.07 Å². The van der Waals surface area contributed by atoms with Crippen LogP contribution < -0.4 is 0 Å². The average molecular weight is 383 g/mol. The molecule has 148 valence electrons. The molecule has 0 aromatic heterocycles. The molecule has 2 aliphatic heterocycles. The van der Waals surface area contributed by atoms with Crippen LogP contribution in [0.1, 0.15) is 35.2 Å². The zero-order valence-corrected chi connectivity index (χ0v) is 15.2. The van der Waals surface area contributed by atoms with Crippen molar-refractivity contribution in [3.8, 4) is 0 Å². The van der Waals surface area contributed by atoms with Crippen molar-refractivity contribution in [1.29, 1.82) is 0 Å². The minimum absolute atomic E-state index is 0.0441. The maximum absolute atomic E-state index is 12.8. The van der Waals surface area contributed by atoms with E-state index in [1.807, 2.05) is 9.80 Å². The highest BCUT2D eigenvalue weighted by atomic mass is 19.4. The molecular formula is C19H24F3N3O2. The zero-order chi connectivity index (χ0) is 19.4. The normalized spacial score (nSPS) is 19.2. The van der Waals surface area contributed by atoms with E-state index >= 15 is 0 Å². The molecule has 0 saturated carbocycles. The highest BCUT2D eigenvalue weighted by molar-refractivity contribution is 5.94. The van der Waals surface area contributed by atoms with Crippen molar-refractivity contribution < 1.29 is 22.8 Å². The molecule has 0 radical (unpaired) electrons. The minimum atomic E-state index is -4.47. The third kappa shape index (κ3) is 5.00. The lowest BCUT2D eigenvalue weighted by molar-refractivity contribution is -0.137. The Morgan fingerprint density at radius 3 is 2.19 bits per heavy atom. The number of likely N-dealkylation sites (tertiary alicyclic amines) is 1. The maximum Gasteiger partial charge on any atom is 0.416 e. The van der Waals surface area contributed by atoms with E-state index in [9.17, 15) is 22.8 Å². The van der Waals surface area contributed by atoms with Crippen molar-refractivity contribution in [1.82, 2.24) is 14.7 Å². The van der Waals surface area contributed by atoms with Gasteiger partial charge in [-0.25, -0.2) is 0 Å². The summed E-state index contributed by atoms with van der Waals surface area (Å²) in [7, 11) is 0. The molecule has 8 heteroatoms. The molecule has 1 aromatic rings. The van der Waals surface area contributed by atoms with Crippen LogP contribution in [0.5, 0.6) is 0 Å². The summed E-state index contributed by atoms with van der Waals surface area (Å²) in [6, 6.07) is 4.52. The summed E-state index contributed by atoms with van der Waals surface area (Å²) in [5, 5.41) is 0. The highest BCUT2D eigenvalue weighted by Gasteiger charge is 2.32. The lowest BCUT2D eigenvalue weighted by Gasteiger charge is -2.36. The molecule has 2 saturated heterocycles. The van der Waals surface area contributed by atoms with Crippen LogP contribution in [0.25, 0.3) is 0 Å². The number of carbonyl (C=O) groups excluding carboxylic acids is 2. The number of benzene rings is 1. The Hall–Kier alpha value is -2.09. The van der Waals surface area contributed by atoms with Gasteiger partial charge in [-0.3, -0.25) is 14.5 Å². The lowest BCUT2D eigenvalue weighted by atomic mass is 10.1. The number of amides is 2. The number of alkyl halides is 3. The molecule has 0 N–H and O–H groups in total. The van der Waals surface area contributed by atoms with Crippen LogP contribution in [0.15, 0.2) is 24.3 Å². The van der Waals surface area contributed by atoms with Gasteiger partial charge in [-0.2, -0.15) is 13.2 Å². The number of hydrogen-bond donors (Lipinski definition) is 0. The molecule has 0 spiro atoms. The number of nitrogens with zero attached hydrogens (tertiary/aromatic N) is 3. The first-order chi connectivity index (χ1) is 12.8. The molecular weight excluding hydrogens is 359 g/mol. The quantitative estimate of drug-likeness (QED) is 0.806. The van der Waals surface area contributed by atoms with Crippen molar-refractivity contribution in [3.63, 3.8) is 0 Å². The molecule has 0 atom stereocenters. The van der Waals surface area contributed by atoms with E-state index < -0.39 is 17.6 Å². The van der Waals surface area contributed by atoms with Crippen LogP contribution in [0, 0.1) is 0 Å². The van der Waals surface area contributed by atoms with Crippen LogP contribution in [0.3, 0.4) is 0 Å². The molecule has 2 fully saturated rings. The fourth-order valence-electron chi connectivity index (χ4n) is 3.55. The van der Waals surface area contributed by atoms with Gasteiger partial charge < -0.3 is 9.80 Å². The Morgan fingerprint density at radius 1 is 0.889 bits per heavy atom. The van der Waals surface area contributed by atoms with Crippen LogP contribution in [0.2, 0.25) is 0 Å². The first-order valence-corrected chi connectivity index (χ1v) is 9.31. The molecule has 3 rings (SSSR count). The molecule has 0 unspecified atom stereocenters. The number of piperidine rings is 1. The second kappa shape index (κ2) is 8.29. The molecule has 5 nitrogen and oxygen atoms in total. The highest BCUT2D eigenvalue weighted by Crippen LogP contribution is 2.29. The number of hydrogen-bond acceptors (Lipinski definition) is 3. The summed E-state index contributed by atoms with van der Waals surface area (Å²) in [4.78, 5) is 30.3. The van der Waals surface area contributed by atoms with Crippen molar-refractivity contribution in [2.45, 2.75) is 25.4 Å². The summed E-state index contributed by atoms with van der Waals surface area (Å²) >= 11 is 0. The van der Waals surface area contributed by atoms with E-state index in [0.717, 1.165) is 38.1 Å². The number of carbonyl (C=O) groups is 2. The van der Waals surface area contributed by atoms with E-state index in [4.69, 9.17) is 0 Å². The predicted octanol–water partition coefficient (Wildman–Crippen LogP) is 2.48. The fraction of sp³-hybridized carbons (Fsp3) is 0.579. The molecule has 0 aliphatic carbocycles. The maximum atomic E-state index is 12.8. The molecule has 2 aliphatic rings. The molecule has 1 aromatic carbocycles. The van der Waals surface area contributed by atoms with Gasteiger partial charge in [0.05, 0.1) is 12.1 Å². The van der Waals surface area contributed by atoms with Gasteiger partial charge in [0.25, 0.3) is 5.91 Å². The van der Waals surface area contributed by atoms with E-state index in [2.05, 4.69) is 0 Å². The first-order valence-electron chi connectivity index (χ1n) is 9.31. The third-order valence-corrected chi connectivity index (χ3v) is 5.16.